The van der Waals surface area contributed by atoms with Crippen LogP contribution in [-0.2, 0) is 29.0 Å². The van der Waals surface area contributed by atoms with Gasteiger partial charge < -0.3 is 9.88 Å². The number of hydrogen-bond acceptors (Lipinski definition) is 5. The fraction of sp³-hybridized carbons (Fsp3) is 0.286. The van der Waals surface area contributed by atoms with Gasteiger partial charge in [0.05, 0.1) is 17.1 Å². The number of nitrogens with zero attached hydrogens (tertiary/aromatic N) is 3. The normalized spacial score (nSPS) is 11.6. The first kappa shape index (κ1) is 25.7. The molecule has 12 heteroatoms. The Morgan fingerprint density at radius 3 is 2.61 bits per heavy atom. The van der Waals surface area contributed by atoms with E-state index in [9.17, 15) is 18.0 Å². The van der Waals surface area contributed by atoms with Gasteiger partial charge in [0.15, 0.2) is 5.16 Å². The number of thioether (sulfide) groups is 2. The van der Waals surface area contributed by atoms with Crippen molar-refractivity contribution in [1.29, 1.82) is 0 Å². The Balaban J connectivity index is 1.55. The first-order valence-corrected chi connectivity index (χ1v) is 12.6. The van der Waals surface area contributed by atoms with Crippen molar-refractivity contribution in [2.45, 2.75) is 36.3 Å². The molecule has 2 aromatic carbocycles. The number of alkyl halides is 3. The molecule has 0 spiro atoms. The Hall–Kier alpha value is -1.88. The van der Waals surface area contributed by atoms with Crippen LogP contribution in [0.15, 0.2) is 47.6 Å². The number of amides is 1. The van der Waals surface area contributed by atoms with Crippen LogP contribution in [0.2, 0.25) is 10.0 Å². The second-order valence-corrected chi connectivity index (χ2v) is 9.56. The molecule has 1 N–H and O–H groups in total. The number of hydrogen-bond donors (Lipinski definition) is 1. The van der Waals surface area contributed by atoms with Gasteiger partial charge in [-0.15, -0.1) is 22.0 Å². The van der Waals surface area contributed by atoms with Crippen molar-refractivity contribution in [3.05, 3.63) is 69.5 Å². The molecule has 1 heterocycles. The van der Waals surface area contributed by atoms with E-state index in [0.717, 1.165) is 23.5 Å². The summed E-state index contributed by atoms with van der Waals surface area (Å²) in [6.07, 6.45) is -4.47. The lowest BCUT2D eigenvalue weighted by Crippen LogP contribution is -2.15. The zero-order valence-corrected chi connectivity index (χ0v) is 20.5. The highest BCUT2D eigenvalue weighted by Crippen LogP contribution is 2.31. The van der Waals surface area contributed by atoms with Gasteiger partial charge in [-0.1, -0.05) is 47.1 Å². The highest BCUT2D eigenvalue weighted by atomic mass is 35.5. The summed E-state index contributed by atoms with van der Waals surface area (Å²) in [6, 6.07) is 9.89. The minimum absolute atomic E-state index is 0.0120. The fourth-order valence-electron chi connectivity index (χ4n) is 2.84. The minimum atomic E-state index is -4.47. The van der Waals surface area contributed by atoms with Crippen LogP contribution in [0.1, 0.15) is 23.9 Å². The molecule has 3 rings (SSSR count). The monoisotopic (exact) mass is 534 g/mol. The van der Waals surface area contributed by atoms with Crippen LogP contribution in [0.4, 0.5) is 18.9 Å². The van der Waals surface area contributed by atoms with Crippen LogP contribution in [0.3, 0.4) is 0 Å². The summed E-state index contributed by atoms with van der Waals surface area (Å²) in [4.78, 5) is 12.2. The molecule has 0 atom stereocenters. The third kappa shape index (κ3) is 7.30. The molecule has 0 radical (unpaired) electrons. The van der Waals surface area contributed by atoms with E-state index in [-0.39, 0.29) is 11.4 Å². The molecule has 0 saturated carbocycles. The third-order valence-corrected chi connectivity index (χ3v) is 6.95. The highest BCUT2D eigenvalue weighted by molar-refractivity contribution is 7.99. The summed E-state index contributed by atoms with van der Waals surface area (Å²) < 4.78 is 40.4. The van der Waals surface area contributed by atoms with Gasteiger partial charge in [-0.25, -0.2) is 0 Å². The molecule has 0 aliphatic carbocycles. The Morgan fingerprint density at radius 1 is 1.12 bits per heavy atom. The molecule has 33 heavy (non-hydrogen) atoms. The quantitative estimate of drug-likeness (QED) is 0.306. The second kappa shape index (κ2) is 11.5. The molecule has 176 valence electrons. The van der Waals surface area contributed by atoms with Crippen molar-refractivity contribution < 1.29 is 18.0 Å². The van der Waals surface area contributed by atoms with Gasteiger partial charge in [-0.3, -0.25) is 4.79 Å². The molecule has 0 aliphatic heterocycles. The Morgan fingerprint density at radius 2 is 1.91 bits per heavy atom. The molecular formula is C21H19Cl2F3N4OS2. The van der Waals surface area contributed by atoms with Gasteiger partial charge >= 0.3 is 6.18 Å². The van der Waals surface area contributed by atoms with Gasteiger partial charge in [-0.05, 0) is 42.8 Å². The van der Waals surface area contributed by atoms with Crippen LogP contribution in [0.5, 0.6) is 0 Å². The number of nitrogens with one attached hydrogen (secondary N) is 1. The number of rotatable bonds is 9. The van der Waals surface area contributed by atoms with Crippen molar-refractivity contribution in [3.63, 3.8) is 0 Å². The van der Waals surface area contributed by atoms with Crippen molar-refractivity contribution in [3.8, 4) is 0 Å². The number of anilines is 1. The van der Waals surface area contributed by atoms with Crippen LogP contribution in [0.25, 0.3) is 0 Å². The zero-order valence-electron chi connectivity index (χ0n) is 17.3. The van der Waals surface area contributed by atoms with E-state index in [1.54, 1.807) is 23.9 Å². The van der Waals surface area contributed by atoms with Crippen LogP contribution in [0, 0.1) is 0 Å². The predicted molar refractivity (Wildman–Crippen MR) is 128 cm³/mol. The summed E-state index contributed by atoms with van der Waals surface area (Å²) in [5, 5.41) is 12.6. The van der Waals surface area contributed by atoms with Gasteiger partial charge in [0.25, 0.3) is 0 Å². The summed E-state index contributed by atoms with van der Waals surface area (Å²) in [5.41, 5.74) is 0.237. The second-order valence-electron chi connectivity index (χ2n) is 6.79. The average molecular weight is 535 g/mol. The Kier molecular flexibility index (Phi) is 8.97. The average Bonchev–Trinajstić information content (AvgIpc) is 3.15. The lowest BCUT2D eigenvalue weighted by Gasteiger charge is -2.10. The largest absolute Gasteiger partial charge is 0.416 e. The third-order valence-electron chi connectivity index (χ3n) is 4.42. The maximum Gasteiger partial charge on any atom is 0.416 e. The summed E-state index contributed by atoms with van der Waals surface area (Å²) in [7, 11) is 0. The van der Waals surface area contributed by atoms with Crippen molar-refractivity contribution in [2.24, 2.45) is 0 Å². The van der Waals surface area contributed by atoms with Crippen molar-refractivity contribution in [1.82, 2.24) is 14.8 Å². The topological polar surface area (TPSA) is 59.8 Å². The summed E-state index contributed by atoms with van der Waals surface area (Å²) >= 11 is 14.9. The van der Waals surface area contributed by atoms with Crippen LogP contribution in [-0.4, -0.2) is 26.4 Å². The van der Waals surface area contributed by atoms with Crippen LogP contribution < -0.4 is 5.32 Å². The summed E-state index contributed by atoms with van der Waals surface area (Å²) in [5.74, 6) is 1.58. The van der Waals surface area contributed by atoms with Gasteiger partial charge in [0, 0.05) is 28.0 Å². The van der Waals surface area contributed by atoms with E-state index in [1.165, 1.54) is 23.9 Å². The molecule has 1 amide bonds. The molecule has 0 saturated heterocycles. The van der Waals surface area contributed by atoms with E-state index < -0.39 is 17.6 Å². The van der Waals surface area contributed by atoms with Gasteiger partial charge in [0.2, 0.25) is 5.91 Å². The maximum absolute atomic E-state index is 12.8. The molecule has 0 fully saturated rings. The van der Waals surface area contributed by atoms with E-state index in [1.807, 2.05) is 17.6 Å². The van der Waals surface area contributed by atoms with Crippen molar-refractivity contribution >= 4 is 58.3 Å². The zero-order chi connectivity index (χ0) is 24.0. The van der Waals surface area contributed by atoms with E-state index in [2.05, 4.69) is 15.5 Å². The number of aromatic nitrogens is 3. The smallest absolute Gasteiger partial charge is 0.325 e. The molecule has 0 aliphatic rings. The molecule has 3 aromatic rings. The minimum Gasteiger partial charge on any atom is -0.325 e. The molecule has 0 unspecified atom stereocenters. The Labute approximate surface area is 207 Å². The molecule has 0 bridgehead atoms. The SMILES string of the molecule is CCn1c(CSCc2ccc(Cl)cc2Cl)nnc1SCC(=O)Nc1cccc(C(F)(F)F)c1. The number of carbonyl (C=O) groups is 1. The number of benzene rings is 2. The van der Waals surface area contributed by atoms with E-state index >= 15 is 0 Å². The maximum atomic E-state index is 12.8. The predicted octanol–water partition coefficient (Wildman–Crippen LogP) is 6.79. The lowest BCUT2D eigenvalue weighted by atomic mass is 10.2. The number of halogens is 5. The molecule has 1 aromatic heterocycles. The first-order valence-electron chi connectivity index (χ1n) is 9.71. The van der Waals surface area contributed by atoms with Crippen molar-refractivity contribution in [2.75, 3.05) is 11.1 Å². The lowest BCUT2D eigenvalue weighted by molar-refractivity contribution is -0.137. The highest BCUT2D eigenvalue weighted by Gasteiger charge is 2.30. The van der Waals surface area contributed by atoms with E-state index in [4.69, 9.17) is 23.2 Å². The van der Waals surface area contributed by atoms with Gasteiger partial charge in [0.1, 0.15) is 5.82 Å². The van der Waals surface area contributed by atoms with Crippen LogP contribution >= 0.6 is 46.7 Å². The molecule has 5 nitrogen and oxygen atoms in total. The fourth-order valence-corrected chi connectivity index (χ4v) is 5.19. The standard InChI is InChI=1S/C21H19Cl2F3N4OS2/c1-2-30-18(11-32-10-13-6-7-15(22)9-17(13)23)28-29-20(30)33-12-19(31)27-16-5-3-4-14(8-16)21(24,25)26/h3-9H,2,10-12H2,1H3,(H,27,31). The first-order chi connectivity index (χ1) is 15.7. The van der Waals surface area contributed by atoms with Gasteiger partial charge in [-0.2, -0.15) is 13.2 Å². The summed E-state index contributed by atoms with van der Waals surface area (Å²) in [6.45, 7) is 2.56. The molecular weight excluding hydrogens is 516 g/mol. The number of carbonyl (C=O) groups excluding carboxylic acids is 1. The van der Waals surface area contributed by atoms with E-state index in [0.29, 0.717) is 33.3 Å². The Bertz CT molecular complexity index is 1130.